The van der Waals surface area contributed by atoms with Crippen LogP contribution in [0.2, 0.25) is 0 Å². The number of nitrogens with zero attached hydrogens (tertiary/aromatic N) is 7. The molecule has 1 unspecified atom stereocenters. The van der Waals surface area contributed by atoms with E-state index in [0.717, 1.165) is 21.6 Å². The monoisotopic (exact) mass is 551 g/mol. The number of aryl methyl sites for hydroxylation is 1. The van der Waals surface area contributed by atoms with Gasteiger partial charge in [0.25, 0.3) is 0 Å². The molecule has 1 aromatic heterocycles. The predicted octanol–water partition coefficient (Wildman–Crippen LogP) is 6.49. The van der Waals surface area contributed by atoms with Crippen molar-refractivity contribution in [3.8, 4) is 17.8 Å². The average molecular weight is 552 g/mol. The van der Waals surface area contributed by atoms with E-state index in [1.54, 1.807) is 4.68 Å². The number of rotatable bonds is 8. The van der Waals surface area contributed by atoms with E-state index in [0.29, 0.717) is 22.4 Å². The SMILES string of the molecule is Cc1nn(-c2ccccc2)c(N=[N+]=[N-])c1CC(C#N)C(C#N)=P(c1ccccc1)(c1ccccc1)c1ccccc1. The topological polar surface area (TPSA) is 114 Å². The Morgan fingerprint density at radius 2 is 1.29 bits per heavy atom. The Morgan fingerprint density at radius 3 is 1.71 bits per heavy atom. The van der Waals surface area contributed by atoms with E-state index in [1.807, 2.05) is 128 Å². The Morgan fingerprint density at radius 1 is 0.829 bits per heavy atom. The van der Waals surface area contributed by atoms with Gasteiger partial charge in [-0.15, -0.1) is 0 Å². The molecule has 0 fully saturated rings. The van der Waals surface area contributed by atoms with Crippen LogP contribution in [0.1, 0.15) is 11.3 Å². The average Bonchev–Trinajstić information content (AvgIpc) is 3.35. The van der Waals surface area contributed by atoms with Gasteiger partial charge in [0.15, 0.2) is 0 Å². The van der Waals surface area contributed by atoms with E-state index >= 15 is 0 Å². The van der Waals surface area contributed by atoms with Gasteiger partial charge in [-0.3, -0.25) is 0 Å². The van der Waals surface area contributed by atoms with E-state index in [4.69, 9.17) is 0 Å². The van der Waals surface area contributed by atoms with Gasteiger partial charge in [0.05, 0.1) is 34.7 Å². The normalized spacial score (nSPS) is 11.5. The lowest BCUT2D eigenvalue weighted by Gasteiger charge is -2.32. The minimum absolute atomic E-state index is 0.167. The lowest BCUT2D eigenvalue weighted by molar-refractivity contribution is 0.861. The van der Waals surface area contributed by atoms with Crippen LogP contribution in [0.4, 0.5) is 5.82 Å². The first-order chi connectivity index (χ1) is 20.1. The standard InChI is InChI=1S/C33H26N7P/c1-25-31(33(37-39-36)40(38-25)27-14-6-2-7-15-27)22-26(23-34)32(24-35)41(28-16-8-3-9-17-28,29-18-10-4-11-19-29)30-20-12-5-13-21-30/h2-21,26H,22H2,1H3. The summed E-state index contributed by atoms with van der Waals surface area (Å²) in [4.78, 5) is 3.07. The fourth-order valence-corrected chi connectivity index (χ4v) is 9.65. The Balaban J connectivity index is 1.83. The molecule has 7 nitrogen and oxygen atoms in total. The Bertz CT molecular complexity index is 1740. The van der Waals surface area contributed by atoms with Gasteiger partial charge < -0.3 is 0 Å². The van der Waals surface area contributed by atoms with Crippen LogP contribution >= 0.6 is 6.89 Å². The highest BCUT2D eigenvalue weighted by molar-refractivity contribution is 7.95. The number of hydrogen-bond acceptors (Lipinski definition) is 4. The molecule has 4 aromatic carbocycles. The minimum Gasteiger partial charge on any atom is -0.231 e. The first-order valence-corrected chi connectivity index (χ1v) is 14.9. The maximum absolute atomic E-state index is 10.9. The van der Waals surface area contributed by atoms with Crippen molar-refractivity contribution in [2.24, 2.45) is 11.0 Å². The summed E-state index contributed by atoms with van der Waals surface area (Å²) in [6.45, 7) is -0.935. The second kappa shape index (κ2) is 12.2. The summed E-state index contributed by atoms with van der Waals surface area (Å²) >= 11 is 0. The summed E-state index contributed by atoms with van der Waals surface area (Å²) in [5, 5.41) is 33.8. The van der Waals surface area contributed by atoms with E-state index < -0.39 is 12.8 Å². The van der Waals surface area contributed by atoms with Crippen molar-refractivity contribution in [1.82, 2.24) is 9.78 Å². The molecule has 198 valence electrons. The lowest BCUT2D eigenvalue weighted by Crippen LogP contribution is -2.33. The van der Waals surface area contributed by atoms with Gasteiger partial charge in [0, 0.05) is 10.5 Å². The molecular formula is C33H26N7P. The third-order valence-corrected chi connectivity index (χ3v) is 11.5. The lowest BCUT2D eigenvalue weighted by atomic mass is 9.98. The van der Waals surface area contributed by atoms with Crippen LogP contribution in [-0.2, 0) is 6.42 Å². The van der Waals surface area contributed by atoms with Crippen molar-refractivity contribution < 1.29 is 0 Å². The van der Waals surface area contributed by atoms with Crippen LogP contribution in [0.15, 0.2) is 126 Å². The van der Waals surface area contributed by atoms with E-state index in [2.05, 4.69) is 27.3 Å². The molecule has 0 bridgehead atoms. The maximum Gasteiger partial charge on any atom is 0.134 e. The highest BCUT2D eigenvalue weighted by Crippen LogP contribution is 2.48. The molecule has 0 spiro atoms. The summed E-state index contributed by atoms with van der Waals surface area (Å²) in [6, 6.07) is 44.4. The predicted molar refractivity (Wildman–Crippen MR) is 166 cm³/mol. The number of hydrogen-bond donors (Lipinski definition) is 0. The van der Waals surface area contributed by atoms with Crippen molar-refractivity contribution >= 4 is 33.9 Å². The summed E-state index contributed by atoms with van der Waals surface area (Å²) in [6.07, 6.45) is 0.167. The van der Waals surface area contributed by atoms with Crippen molar-refractivity contribution in [3.63, 3.8) is 0 Å². The Hall–Kier alpha value is -5.32. The van der Waals surface area contributed by atoms with Crippen LogP contribution in [-0.4, -0.2) is 15.1 Å². The van der Waals surface area contributed by atoms with Gasteiger partial charge in [-0.25, -0.2) is 4.68 Å². The Labute approximate surface area is 239 Å². The molecule has 0 amide bonds. The molecule has 0 radical (unpaired) electrons. The highest BCUT2D eigenvalue weighted by atomic mass is 31.2. The zero-order valence-electron chi connectivity index (χ0n) is 22.4. The molecule has 5 rings (SSSR count). The van der Waals surface area contributed by atoms with Gasteiger partial charge in [-0.05, 0) is 58.9 Å². The molecule has 0 saturated heterocycles. The second-order valence-electron chi connectivity index (χ2n) is 9.38. The molecule has 41 heavy (non-hydrogen) atoms. The highest BCUT2D eigenvalue weighted by Gasteiger charge is 2.34. The molecule has 0 aliphatic heterocycles. The molecule has 1 heterocycles. The van der Waals surface area contributed by atoms with Crippen molar-refractivity contribution in [2.45, 2.75) is 13.3 Å². The molecule has 8 heteroatoms. The summed E-state index contributed by atoms with van der Waals surface area (Å²) in [5.74, 6) is -0.495. The summed E-state index contributed by atoms with van der Waals surface area (Å²) in [7, 11) is 0. The smallest absolute Gasteiger partial charge is 0.134 e. The molecule has 5 aromatic rings. The number of nitriles is 2. The summed E-state index contributed by atoms with van der Waals surface area (Å²) < 4.78 is 1.60. The number of azide groups is 1. The largest absolute Gasteiger partial charge is 0.231 e. The van der Waals surface area contributed by atoms with Crippen molar-refractivity contribution in [3.05, 3.63) is 143 Å². The van der Waals surface area contributed by atoms with E-state index in [-0.39, 0.29) is 6.42 Å². The van der Waals surface area contributed by atoms with Gasteiger partial charge in [-0.2, -0.15) is 15.6 Å². The zero-order valence-corrected chi connectivity index (χ0v) is 23.3. The molecule has 0 N–H and O–H groups in total. The second-order valence-corrected chi connectivity index (χ2v) is 12.8. The molecule has 0 aliphatic carbocycles. The maximum atomic E-state index is 10.9. The van der Waals surface area contributed by atoms with Crippen LogP contribution < -0.4 is 15.9 Å². The fraction of sp³-hybridized carbons (Fsp3) is 0.0909. The third-order valence-electron chi connectivity index (χ3n) is 7.10. The zero-order chi connectivity index (χ0) is 28.7. The van der Waals surface area contributed by atoms with Gasteiger partial charge in [-0.1, -0.05) is 109 Å². The fourth-order valence-electron chi connectivity index (χ4n) is 5.29. The Kier molecular flexibility index (Phi) is 8.14. The molecule has 1 atom stereocenters. The first-order valence-electron chi connectivity index (χ1n) is 13.1. The number of para-hydroxylation sites is 1. The number of aromatic nitrogens is 2. The first kappa shape index (κ1) is 27.3. The van der Waals surface area contributed by atoms with Crippen LogP contribution in [0.5, 0.6) is 0 Å². The molecular weight excluding hydrogens is 525 g/mol. The number of benzene rings is 4. The van der Waals surface area contributed by atoms with Crippen LogP contribution in [0.3, 0.4) is 0 Å². The van der Waals surface area contributed by atoms with E-state index in [1.165, 1.54) is 0 Å². The van der Waals surface area contributed by atoms with E-state index in [9.17, 15) is 16.1 Å². The minimum atomic E-state index is -2.77. The third kappa shape index (κ3) is 5.05. The van der Waals surface area contributed by atoms with Crippen molar-refractivity contribution in [2.75, 3.05) is 0 Å². The van der Waals surface area contributed by atoms with Gasteiger partial charge >= 0.3 is 0 Å². The van der Waals surface area contributed by atoms with Gasteiger partial charge in [0.2, 0.25) is 0 Å². The van der Waals surface area contributed by atoms with Crippen LogP contribution in [0, 0.1) is 35.5 Å². The van der Waals surface area contributed by atoms with Crippen LogP contribution in [0.25, 0.3) is 16.1 Å². The quantitative estimate of drug-likeness (QED) is 0.0949. The van der Waals surface area contributed by atoms with Crippen molar-refractivity contribution in [1.29, 1.82) is 10.5 Å². The molecule has 0 saturated carbocycles. The van der Waals surface area contributed by atoms with Gasteiger partial charge in [0.1, 0.15) is 5.82 Å². The molecule has 0 aliphatic rings. The summed E-state index contributed by atoms with van der Waals surface area (Å²) in [5.41, 5.74) is 11.5.